The largest absolute Gasteiger partial charge is 0.497 e. The Morgan fingerprint density at radius 3 is 2.44 bits per heavy atom. The molecule has 184 valence electrons. The van der Waals surface area contributed by atoms with Gasteiger partial charge in [-0.25, -0.2) is 4.79 Å². The zero-order chi connectivity index (χ0) is 25.7. The van der Waals surface area contributed by atoms with Crippen LogP contribution in [-0.2, 0) is 11.3 Å². The van der Waals surface area contributed by atoms with Crippen LogP contribution in [0.4, 0.5) is 4.79 Å². The molecule has 0 atom stereocenters. The molecule has 3 aromatic rings. The van der Waals surface area contributed by atoms with Crippen LogP contribution in [-0.4, -0.2) is 35.7 Å². The fourth-order valence-electron chi connectivity index (χ4n) is 3.47. The van der Waals surface area contributed by atoms with Gasteiger partial charge in [0.2, 0.25) is 0 Å². The number of hydrogen-bond donors (Lipinski definition) is 0. The van der Waals surface area contributed by atoms with Crippen LogP contribution in [0, 0.1) is 0 Å². The van der Waals surface area contributed by atoms with Crippen molar-refractivity contribution in [2.24, 2.45) is 0 Å². The Labute approximate surface area is 217 Å². The van der Waals surface area contributed by atoms with E-state index in [-0.39, 0.29) is 33.2 Å². The normalized spacial score (nSPS) is 14.3. The van der Waals surface area contributed by atoms with Crippen LogP contribution in [0.3, 0.4) is 0 Å². The second-order valence-corrected chi connectivity index (χ2v) is 9.03. The number of thioether (sulfide) groups is 1. The van der Waals surface area contributed by atoms with Gasteiger partial charge in [-0.1, -0.05) is 41.9 Å². The monoisotopic (exact) mass is 523 g/mol. The standard InChI is InChI=1S/C27H22ClNO6S/c1-3-34-22-14-18(13-21(28)24(22)35-26(31)19-9-11-20(33-2)12-10-19)15-23-25(30)29(27(32)36-23)16-17-7-5-4-6-8-17/h4-15H,3,16H2,1-2H3/b23-15-. The Balaban J connectivity index is 1.57. The van der Waals surface area contributed by atoms with Gasteiger partial charge >= 0.3 is 5.97 Å². The third-order valence-electron chi connectivity index (χ3n) is 5.21. The third kappa shape index (κ3) is 5.72. The number of methoxy groups -OCH3 is 1. The number of rotatable bonds is 8. The summed E-state index contributed by atoms with van der Waals surface area (Å²) in [5.74, 6) is -0.0966. The van der Waals surface area contributed by atoms with Crippen LogP contribution in [0.2, 0.25) is 5.02 Å². The molecule has 0 aliphatic carbocycles. The van der Waals surface area contributed by atoms with Crippen molar-refractivity contribution in [3.63, 3.8) is 0 Å². The molecule has 0 radical (unpaired) electrons. The molecule has 36 heavy (non-hydrogen) atoms. The van der Waals surface area contributed by atoms with Crippen LogP contribution in [0.5, 0.6) is 17.2 Å². The highest BCUT2D eigenvalue weighted by molar-refractivity contribution is 8.18. The lowest BCUT2D eigenvalue weighted by atomic mass is 10.1. The van der Waals surface area contributed by atoms with Gasteiger partial charge in [-0.05, 0) is 72.3 Å². The molecule has 1 fully saturated rings. The van der Waals surface area contributed by atoms with E-state index in [1.54, 1.807) is 49.4 Å². The van der Waals surface area contributed by atoms with Crippen molar-refractivity contribution in [2.45, 2.75) is 13.5 Å². The molecule has 0 aromatic heterocycles. The average molecular weight is 524 g/mol. The van der Waals surface area contributed by atoms with Gasteiger partial charge in [0.15, 0.2) is 11.5 Å². The van der Waals surface area contributed by atoms with E-state index >= 15 is 0 Å². The highest BCUT2D eigenvalue weighted by atomic mass is 35.5. The molecule has 0 saturated carbocycles. The Morgan fingerprint density at radius 2 is 1.78 bits per heavy atom. The van der Waals surface area contributed by atoms with Crippen molar-refractivity contribution >= 4 is 46.6 Å². The van der Waals surface area contributed by atoms with E-state index in [0.717, 1.165) is 17.3 Å². The van der Waals surface area contributed by atoms with E-state index in [9.17, 15) is 14.4 Å². The van der Waals surface area contributed by atoms with E-state index in [4.69, 9.17) is 25.8 Å². The van der Waals surface area contributed by atoms with Crippen LogP contribution in [0.15, 0.2) is 71.6 Å². The molecule has 1 aliphatic rings. The van der Waals surface area contributed by atoms with Gasteiger partial charge in [-0.15, -0.1) is 0 Å². The van der Waals surface area contributed by atoms with Crippen molar-refractivity contribution in [2.75, 3.05) is 13.7 Å². The molecule has 0 unspecified atom stereocenters. The highest BCUT2D eigenvalue weighted by Gasteiger charge is 2.35. The predicted molar refractivity (Wildman–Crippen MR) is 139 cm³/mol. The zero-order valence-corrected chi connectivity index (χ0v) is 21.1. The number of hydrogen-bond acceptors (Lipinski definition) is 7. The molecular formula is C27H22ClNO6S. The quantitative estimate of drug-likeness (QED) is 0.197. The first-order chi connectivity index (χ1) is 17.4. The molecular weight excluding hydrogens is 502 g/mol. The summed E-state index contributed by atoms with van der Waals surface area (Å²) in [6.45, 7) is 2.26. The molecule has 3 aromatic carbocycles. The molecule has 7 nitrogen and oxygen atoms in total. The van der Waals surface area contributed by atoms with E-state index < -0.39 is 11.9 Å². The Morgan fingerprint density at radius 1 is 1.06 bits per heavy atom. The number of imide groups is 1. The lowest BCUT2D eigenvalue weighted by molar-refractivity contribution is -0.123. The van der Waals surface area contributed by atoms with Crippen LogP contribution in [0.1, 0.15) is 28.4 Å². The summed E-state index contributed by atoms with van der Waals surface area (Å²) in [5, 5.41) is -0.228. The highest BCUT2D eigenvalue weighted by Crippen LogP contribution is 2.40. The van der Waals surface area contributed by atoms with Gasteiger partial charge in [0.25, 0.3) is 11.1 Å². The summed E-state index contributed by atoms with van der Waals surface area (Å²) in [4.78, 5) is 39.5. The van der Waals surface area contributed by atoms with Crippen molar-refractivity contribution < 1.29 is 28.6 Å². The molecule has 2 amide bonds. The second kappa shape index (κ2) is 11.3. The minimum absolute atomic E-state index is 0.0636. The number of benzene rings is 3. The van der Waals surface area contributed by atoms with Gasteiger partial charge in [-0.3, -0.25) is 14.5 Å². The number of esters is 1. The maximum Gasteiger partial charge on any atom is 0.343 e. The summed E-state index contributed by atoms with van der Waals surface area (Å²) in [6, 6.07) is 18.9. The summed E-state index contributed by atoms with van der Waals surface area (Å²) < 4.78 is 16.3. The van der Waals surface area contributed by atoms with Gasteiger partial charge in [-0.2, -0.15) is 0 Å². The summed E-state index contributed by atoms with van der Waals surface area (Å²) in [5.41, 5.74) is 1.69. The Hall–Kier alpha value is -3.75. The molecule has 1 heterocycles. The molecule has 1 aliphatic heterocycles. The lowest BCUT2D eigenvalue weighted by Crippen LogP contribution is -2.27. The van der Waals surface area contributed by atoms with Crippen molar-refractivity contribution in [3.05, 3.63) is 93.3 Å². The first kappa shape index (κ1) is 25.3. The zero-order valence-electron chi connectivity index (χ0n) is 19.5. The molecule has 1 saturated heterocycles. The van der Waals surface area contributed by atoms with E-state index in [1.807, 2.05) is 30.3 Å². The molecule has 9 heteroatoms. The fourth-order valence-corrected chi connectivity index (χ4v) is 4.56. The Bertz CT molecular complexity index is 1320. The smallest absolute Gasteiger partial charge is 0.343 e. The number of ether oxygens (including phenoxy) is 3. The summed E-state index contributed by atoms with van der Waals surface area (Å²) >= 11 is 7.32. The molecule has 4 rings (SSSR count). The minimum Gasteiger partial charge on any atom is -0.497 e. The first-order valence-corrected chi connectivity index (χ1v) is 12.2. The van der Waals surface area contributed by atoms with Gasteiger partial charge < -0.3 is 14.2 Å². The summed E-state index contributed by atoms with van der Waals surface area (Å²) in [6.07, 6.45) is 1.57. The van der Waals surface area contributed by atoms with E-state index in [1.165, 1.54) is 12.0 Å². The minimum atomic E-state index is -0.615. The lowest BCUT2D eigenvalue weighted by Gasteiger charge is -2.14. The van der Waals surface area contributed by atoms with Crippen molar-refractivity contribution in [1.82, 2.24) is 4.90 Å². The van der Waals surface area contributed by atoms with E-state index in [2.05, 4.69) is 0 Å². The molecule has 0 bridgehead atoms. The van der Waals surface area contributed by atoms with Crippen LogP contribution < -0.4 is 14.2 Å². The van der Waals surface area contributed by atoms with Crippen LogP contribution in [0.25, 0.3) is 6.08 Å². The number of carbonyl (C=O) groups excluding carboxylic acids is 3. The summed E-state index contributed by atoms with van der Waals surface area (Å²) in [7, 11) is 1.53. The van der Waals surface area contributed by atoms with Crippen LogP contribution >= 0.6 is 23.4 Å². The molecule has 0 N–H and O–H groups in total. The SMILES string of the molecule is CCOc1cc(/C=C2\SC(=O)N(Cc3ccccc3)C2=O)cc(Cl)c1OC(=O)c1ccc(OC)cc1. The number of amides is 2. The average Bonchev–Trinajstić information content (AvgIpc) is 3.14. The maximum absolute atomic E-state index is 12.9. The number of halogens is 1. The predicted octanol–water partition coefficient (Wildman–Crippen LogP) is 6.20. The van der Waals surface area contributed by atoms with Crippen molar-refractivity contribution in [3.8, 4) is 17.2 Å². The number of nitrogens with zero attached hydrogens (tertiary/aromatic N) is 1. The van der Waals surface area contributed by atoms with E-state index in [0.29, 0.717) is 23.5 Å². The Kier molecular flexibility index (Phi) is 7.97. The third-order valence-corrected chi connectivity index (χ3v) is 6.40. The van der Waals surface area contributed by atoms with Gasteiger partial charge in [0.05, 0.1) is 35.8 Å². The maximum atomic E-state index is 12.9. The van der Waals surface area contributed by atoms with Gasteiger partial charge in [0.1, 0.15) is 5.75 Å². The van der Waals surface area contributed by atoms with Crippen molar-refractivity contribution in [1.29, 1.82) is 0 Å². The second-order valence-electron chi connectivity index (χ2n) is 7.63. The topological polar surface area (TPSA) is 82.1 Å². The number of carbonyl (C=O) groups is 3. The fraction of sp³-hybridized carbons (Fsp3) is 0.148. The van der Waals surface area contributed by atoms with Gasteiger partial charge in [0, 0.05) is 0 Å². The first-order valence-electron chi connectivity index (χ1n) is 11.0. The molecule has 0 spiro atoms.